The Hall–Kier alpha value is -3.71. The van der Waals surface area contributed by atoms with Gasteiger partial charge in [0.25, 0.3) is 5.91 Å². The second-order valence-electron chi connectivity index (χ2n) is 6.21. The molecule has 0 unspecified atom stereocenters. The Morgan fingerprint density at radius 2 is 1.66 bits per heavy atom. The van der Waals surface area contributed by atoms with Crippen LogP contribution in [0.3, 0.4) is 0 Å². The lowest BCUT2D eigenvalue weighted by Gasteiger charge is -2.15. The summed E-state index contributed by atoms with van der Waals surface area (Å²) in [5.41, 5.74) is 4.71. The van der Waals surface area contributed by atoms with Crippen molar-refractivity contribution in [3.05, 3.63) is 83.9 Å². The molecule has 29 heavy (non-hydrogen) atoms. The molecular weight excluding hydrogens is 390 g/mol. The van der Waals surface area contributed by atoms with Gasteiger partial charge >= 0.3 is 0 Å². The maximum atomic E-state index is 13.0. The van der Waals surface area contributed by atoms with Gasteiger partial charge in [-0.3, -0.25) is 10.2 Å². The third-order valence-corrected chi connectivity index (χ3v) is 4.47. The van der Waals surface area contributed by atoms with Crippen molar-refractivity contribution < 1.29 is 9.90 Å². The number of carbonyl (C=O) groups is 1. The highest BCUT2D eigenvalue weighted by molar-refractivity contribution is 6.33. The zero-order valence-electron chi connectivity index (χ0n) is 15.1. The molecule has 4 rings (SSSR count). The number of aromatic hydroxyl groups is 1. The van der Waals surface area contributed by atoms with Crippen LogP contribution in [0.1, 0.15) is 0 Å². The number of rotatable bonds is 4. The highest BCUT2D eigenvalue weighted by atomic mass is 35.5. The first-order chi connectivity index (χ1) is 14.1. The van der Waals surface area contributed by atoms with Crippen molar-refractivity contribution >= 4 is 40.4 Å². The summed E-state index contributed by atoms with van der Waals surface area (Å²) in [5.74, 6) is 0.0578. The van der Waals surface area contributed by atoms with Gasteiger partial charge < -0.3 is 5.11 Å². The van der Waals surface area contributed by atoms with E-state index in [1.807, 2.05) is 48.5 Å². The van der Waals surface area contributed by atoms with E-state index in [1.165, 1.54) is 23.2 Å². The number of hydrogen-bond donors (Lipinski definition) is 2. The van der Waals surface area contributed by atoms with Crippen LogP contribution >= 0.6 is 11.6 Å². The van der Waals surface area contributed by atoms with Crippen LogP contribution in [0.4, 0.5) is 17.1 Å². The minimum atomic E-state index is -0.958. The van der Waals surface area contributed by atoms with E-state index in [9.17, 15) is 9.90 Å². The van der Waals surface area contributed by atoms with Gasteiger partial charge in [0.2, 0.25) is 6.04 Å². The fourth-order valence-electron chi connectivity index (χ4n) is 2.77. The molecule has 1 atom stereocenters. The van der Waals surface area contributed by atoms with Gasteiger partial charge in [-0.05, 0) is 36.4 Å². The van der Waals surface area contributed by atoms with E-state index in [1.54, 1.807) is 12.1 Å². The number of nitrogens with zero attached hydrogens (tertiary/aromatic N) is 4. The summed E-state index contributed by atoms with van der Waals surface area (Å²) in [5, 5.41) is 19.4. The second-order valence-corrected chi connectivity index (χ2v) is 6.61. The quantitative estimate of drug-likeness (QED) is 0.612. The summed E-state index contributed by atoms with van der Waals surface area (Å²) in [7, 11) is 0. The van der Waals surface area contributed by atoms with Crippen molar-refractivity contribution in [2.45, 2.75) is 6.04 Å². The summed E-state index contributed by atoms with van der Waals surface area (Å²) >= 11 is 6.09. The second kappa shape index (κ2) is 8.12. The van der Waals surface area contributed by atoms with Crippen molar-refractivity contribution in [2.24, 2.45) is 15.2 Å². The van der Waals surface area contributed by atoms with Gasteiger partial charge in [-0.1, -0.05) is 48.0 Å². The Morgan fingerprint density at radius 1 is 0.966 bits per heavy atom. The first-order valence-electron chi connectivity index (χ1n) is 8.80. The highest BCUT2D eigenvalue weighted by Crippen LogP contribution is 2.29. The third kappa shape index (κ3) is 4.09. The fourth-order valence-corrected chi connectivity index (χ4v) is 2.98. The number of benzene rings is 3. The Labute approximate surface area is 172 Å². The summed E-state index contributed by atoms with van der Waals surface area (Å²) in [6, 6.07) is 21.8. The van der Waals surface area contributed by atoms with E-state index in [0.717, 1.165) is 0 Å². The highest BCUT2D eigenvalue weighted by Gasteiger charge is 2.39. The molecule has 1 amide bonds. The third-order valence-electron chi connectivity index (χ3n) is 4.17. The summed E-state index contributed by atoms with van der Waals surface area (Å²) < 4.78 is 0. The topological polar surface area (TPSA) is 89.6 Å². The molecule has 0 saturated carbocycles. The predicted octanol–water partition coefficient (Wildman–Crippen LogP) is 4.78. The van der Waals surface area contributed by atoms with Gasteiger partial charge in [0.1, 0.15) is 11.4 Å². The number of azo groups is 1. The number of amides is 1. The van der Waals surface area contributed by atoms with E-state index < -0.39 is 6.04 Å². The van der Waals surface area contributed by atoms with E-state index in [4.69, 9.17) is 11.6 Å². The average Bonchev–Trinajstić information content (AvgIpc) is 3.04. The molecular formula is C21H16ClN5O2. The van der Waals surface area contributed by atoms with Crippen LogP contribution in [0, 0.1) is 0 Å². The molecule has 0 aromatic heterocycles. The maximum Gasteiger partial charge on any atom is 0.280 e. The lowest BCUT2D eigenvalue weighted by Crippen LogP contribution is -2.35. The number of aliphatic imine (C=N–C) groups is 1. The molecule has 1 saturated heterocycles. The van der Waals surface area contributed by atoms with Crippen molar-refractivity contribution in [3.63, 3.8) is 0 Å². The van der Waals surface area contributed by atoms with Gasteiger partial charge in [0.05, 0.1) is 16.4 Å². The van der Waals surface area contributed by atoms with E-state index in [0.29, 0.717) is 22.9 Å². The Morgan fingerprint density at radius 3 is 2.34 bits per heavy atom. The SMILES string of the molecule is O=C1[C@H](N=Nc2ccc(O)cc2Cl)C(=Nc2ccccc2)NN1c1ccccc1. The Balaban J connectivity index is 1.70. The fraction of sp³-hybridized carbons (Fsp3) is 0.0476. The van der Waals surface area contributed by atoms with Crippen LogP contribution in [0.15, 0.2) is 94.1 Å². The number of nitrogens with one attached hydrogen (secondary N) is 1. The molecule has 7 nitrogen and oxygen atoms in total. The first kappa shape index (κ1) is 18.6. The van der Waals surface area contributed by atoms with Crippen molar-refractivity contribution in [1.29, 1.82) is 0 Å². The minimum Gasteiger partial charge on any atom is -0.508 e. The van der Waals surface area contributed by atoms with Crippen LogP contribution in [0.5, 0.6) is 5.75 Å². The molecule has 8 heteroatoms. The molecule has 3 aromatic rings. The molecule has 3 aromatic carbocycles. The number of phenolic OH excluding ortho intramolecular Hbond substituents is 1. The van der Waals surface area contributed by atoms with Gasteiger partial charge in [-0.25, -0.2) is 10.0 Å². The Bertz CT molecular complexity index is 1090. The maximum absolute atomic E-state index is 13.0. The van der Waals surface area contributed by atoms with Gasteiger partial charge in [0.15, 0.2) is 5.84 Å². The van der Waals surface area contributed by atoms with Gasteiger partial charge in [-0.15, -0.1) is 0 Å². The van der Waals surface area contributed by atoms with Gasteiger partial charge in [-0.2, -0.15) is 10.2 Å². The largest absolute Gasteiger partial charge is 0.508 e. The number of phenols is 1. The monoisotopic (exact) mass is 405 g/mol. The number of para-hydroxylation sites is 2. The normalized spacial score (nSPS) is 17.8. The number of anilines is 1. The lowest BCUT2D eigenvalue weighted by atomic mass is 10.2. The van der Waals surface area contributed by atoms with E-state index in [2.05, 4.69) is 20.6 Å². The number of hydrogen-bond acceptors (Lipinski definition) is 5. The van der Waals surface area contributed by atoms with Crippen LogP contribution in [-0.4, -0.2) is 22.9 Å². The Kier molecular flexibility index (Phi) is 5.22. The van der Waals surface area contributed by atoms with Crippen LogP contribution in [0.2, 0.25) is 5.02 Å². The average molecular weight is 406 g/mol. The van der Waals surface area contributed by atoms with Crippen molar-refractivity contribution in [1.82, 2.24) is 5.43 Å². The molecule has 0 radical (unpaired) electrons. The number of hydrazine groups is 1. The van der Waals surface area contributed by atoms with Crippen LogP contribution in [0.25, 0.3) is 0 Å². The first-order valence-corrected chi connectivity index (χ1v) is 9.18. The van der Waals surface area contributed by atoms with Crippen LogP contribution in [-0.2, 0) is 4.79 Å². The standard InChI is InChI=1S/C21H16ClN5O2/c22-17-13-16(28)11-12-18(17)24-25-19-20(23-14-7-3-1-4-8-14)26-27(21(19)29)15-9-5-2-6-10-15/h1-13,19,28H,(H,23,26)/t19-/m1/s1. The van der Waals surface area contributed by atoms with Gasteiger partial charge in [0, 0.05) is 6.07 Å². The number of amidine groups is 1. The lowest BCUT2D eigenvalue weighted by molar-refractivity contribution is -0.117. The molecule has 1 aliphatic rings. The van der Waals surface area contributed by atoms with Crippen molar-refractivity contribution in [3.8, 4) is 5.75 Å². The molecule has 1 fully saturated rings. The van der Waals surface area contributed by atoms with Crippen LogP contribution < -0.4 is 10.4 Å². The summed E-state index contributed by atoms with van der Waals surface area (Å²) in [4.78, 5) is 17.6. The smallest absolute Gasteiger partial charge is 0.280 e. The summed E-state index contributed by atoms with van der Waals surface area (Å²) in [6.07, 6.45) is 0. The number of halogens is 1. The van der Waals surface area contributed by atoms with Crippen molar-refractivity contribution in [2.75, 3.05) is 5.01 Å². The van der Waals surface area contributed by atoms with E-state index in [-0.39, 0.29) is 16.7 Å². The molecule has 0 bridgehead atoms. The summed E-state index contributed by atoms with van der Waals surface area (Å²) in [6.45, 7) is 0. The molecule has 2 N–H and O–H groups in total. The molecule has 1 heterocycles. The molecule has 0 aliphatic carbocycles. The zero-order chi connectivity index (χ0) is 20.2. The minimum absolute atomic E-state index is 0.0224. The predicted molar refractivity (Wildman–Crippen MR) is 112 cm³/mol. The molecule has 0 spiro atoms. The number of carbonyl (C=O) groups excluding carboxylic acids is 1. The molecule has 144 valence electrons. The molecule has 1 aliphatic heterocycles. The van der Waals surface area contributed by atoms with E-state index >= 15 is 0 Å². The zero-order valence-corrected chi connectivity index (χ0v) is 15.9.